The summed E-state index contributed by atoms with van der Waals surface area (Å²) in [6, 6.07) is 6.22. The van der Waals surface area contributed by atoms with Crippen molar-refractivity contribution in [3.63, 3.8) is 0 Å². The number of halogens is 2. The molecule has 0 aliphatic carbocycles. The van der Waals surface area contributed by atoms with Crippen LogP contribution in [-0.2, 0) is 6.42 Å². The molecule has 0 unspecified atom stereocenters. The lowest BCUT2D eigenvalue weighted by atomic mass is 10.1. The second kappa shape index (κ2) is 9.06. The molecule has 30 heavy (non-hydrogen) atoms. The van der Waals surface area contributed by atoms with E-state index in [9.17, 15) is 9.18 Å². The molecular formula is C21H21ClFN5OS. The van der Waals surface area contributed by atoms with Crippen molar-refractivity contribution in [1.29, 1.82) is 0 Å². The molecule has 1 aliphatic rings. The van der Waals surface area contributed by atoms with E-state index in [4.69, 9.17) is 11.6 Å². The van der Waals surface area contributed by atoms with E-state index < -0.39 is 0 Å². The minimum absolute atomic E-state index is 0.0182. The number of carbonyl (C=O) groups is 1. The van der Waals surface area contributed by atoms with Crippen LogP contribution in [-0.4, -0.2) is 44.9 Å². The highest BCUT2D eigenvalue weighted by molar-refractivity contribution is 7.15. The fourth-order valence-electron chi connectivity index (χ4n) is 3.52. The van der Waals surface area contributed by atoms with Crippen LogP contribution in [0.1, 0.15) is 35.3 Å². The summed E-state index contributed by atoms with van der Waals surface area (Å²) in [6.45, 7) is 3.23. The van der Waals surface area contributed by atoms with Gasteiger partial charge in [0.25, 0.3) is 5.91 Å². The van der Waals surface area contributed by atoms with Crippen molar-refractivity contribution in [2.45, 2.75) is 32.2 Å². The molecule has 0 radical (unpaired) electrons. The molecule has 3 heterocycles. The molecule has 1 N–H and O–H groups in total. The van der Waals surface area contributed by atoms with Gasteiger partial charge in [0.05, 0.1) is 27.3 Å². The number of hydrogen-bond donors (Lipinski definition) is 1. The number of aryl methyl sites for hydroxylation is 1. The molecule has 4 rings (SSSR count). The zero-order valence-corrected chi connectivity index (χ0v) is 18.0. The Hall–Kier alpha value is -2.58. The lowest BCUT2D eigenvalue weighted by Gasteiger charge is -2.24. The molecule has 3 aromatic rings. The molecule has 6 nitrogen and oxygen atoms in total. The van der Waals surface area contributed by atoms with Gasteiger partial charge in [0, 0.05) is 19.1 Å². The first-order chi connectivity index (χ1) is 14.5. The van der Waals surface area contributed by atoms with Crippen molar-refractivity contribution in [3.05, 3.63) is 58.2 Å². The van der Waals surface area contributed by atoms with Crippen LogP contribution >= 0.6 is 22.9 Å². The van der Waals surface area contributed by atoms with Crippen LogP contribution in [0.2, 0.25) is 5.02 Å². The zero-order valence-electron chi connectivity index (χ0n) is 16.4. The van der Waals surface area contributed by atoms with Gasteiger partial charge in [-0.25, -0.2) is 19.3 Å². The van der Waals surface area contributed by atoms with Crippen LogP contribution in [0, 0.1) is 5.82 Å². The van der Waals surface area contributed by atoms with Crippen molar-refractivity contribution >= 4 is 34.8 Å². The summed E-state index contributed by atoms with van der Waals surface area (Å²) in [7, 11) is 0. The zero-order chi connectivity index (χ0) is 21.1. The minimum atomic E-state index is -0.304. The maximum Gasteiger partial charge on any atom is 0.274 e. The van der Waals surface area contributed by atoms with Crippen molar-refractivity contribution in [2.75, 3.05) is 18.4 Å². The average Bonchev–Trinajstić information content (AvgIpc) is 3.40. The Kier molecular flexibility index (Phi) is 6.24. The first kappa shape index (κ1) is 20.7. The molecule has 1 saturated heterocycles. The number of likely N-dealkylation sites (tertiary alicyclic amines) is 1. The van der Waals surface area contributed by atoms with Gasteiger partial charge < -0.3 is 10.2 Å². The van der Waals surface area contributed by atoms with Crippen molar-refractivity contribution in [1.82, 2.24) is 19.9 Å². The lowest BCUT2D eigenvalue weighted by Crippen LogP contribution is -2.40. The molecule has 1 aliphatic heterocycles. The second-order valence-corrected chi connectivity index (χ2v) is 8.57. The van der Waals surface area contributed by atoms with E-state index in [2.05, 4.69) is 20.3 Å². The Morgan fingerprint density at radius 2 is 2.03 bits per heavy atom. The van der Waals surface area contributed by atoms with E-state index in [1.807, 2.05) is 11.8 Å². The smallest absolute Gasteiger partial charge is 0.274 e. The Bertz CT molecular complexity index is 1020. The quantitative estimate of drug-likeness (QED) is 0.596. The van der Waals surface area contributed by atoms with E-state index in [-0.39, 0.29) is 17.8 Å². The van der Waals surface area contributed by atoms with Crippen LogP contribution in [0.15, 0.2) is 36.7 Å². The van der Waals surface area contributed by atoms with E-state index >= 15 is 0 Å². The van der Waals surface area contributed by atoms with Crippen LogP contribution in [0.4, 0.5) is 10.3 Å². The summed E-state index contributed by atoms with van der Waals surface area (Å²) < 4.78 is 13.4. The Balaban J connectivity index is 1.54. The predicted molar refractivity (Wildman–Crippen MR) is 116 cm³/mol. The number of hydrogen-bond acceptors (Lipinski definition) is 6. The summed E-state index contributed by atoms with van der Waals surface area (Å²) in [5.74, 6) is 0.0844. The van der Waals surface area contributed by atoms with Crippen LogP contribution < -0.4 is 5.32 Å². The fourth-order valence-corrected chi connectivity index (χ4v) is 4.62. The van der Waals surface area contributed by atoms with Gasteiger partial charge in [0.2, 0.25) is 5.95 Å². The summed E-state index contributed by atoms with van der Waals surface area (Å²) in [4.78, 5) is 29.0. The molecule has 1 atom stereocenters. The predicted octanol–water partition coefficient (Wildman–Crippen LogP) is 4.67. The number of nitrogens with one attached hydrogen (secondary N) is 1. The molecule has 156 valence electrons. The largest absolute Gasteiger partial charge is 0.352 e. The highest BCUT2D eigenvalue weighted by atomic mass is 35.5. The standard InChI is InChI=1S/C21H21ClFN5OS/c1-2-17-27-18(19(30-17)13-5-7-15(23)8-6-13)20(29)28-9-3-4-16(28)12-26-21-24-10-14(22)11-25-21/h5-8,10-11,16H,2-4,9,12H2,1H3,(H,24,25,26)/t16-/m0/s1. The molecule has 1 amide bonds. The monoisotopic (exact) mass is 445 g/mol. The number of carbonyl (C=O) groups excluding carboxylic acids is 1. The molecule has 0 saturated carbocycles. The number of amides is 1. The topological polar surface area (TPSA) is 71.0 Å². The summed E-state index contributed by atoms with van der Waals surface area (Å²) in [5, 5.41) is 4.55. The summed E-state index contributed by atoms with van der Waals surface area (Å²) in [6.07, 6.45) is 5.63. The van der Waals surface area contributed by atoms with Crippen molar-refractivity contribution < 1.29 is 9.18 Å². The van der Waals surface area contributed by atoms with E-state index in [1.165, 1.54) is 35.9 Å². The lowest BCUT2D eigenvalue weighted by molar-refractivity contribution is 0.0739. The highest BCUT2D eigenvalue weighted by Crippen LogP contribution is 2.33. The third-order valence-corrected chi connectivity index (χ3v) is 6.48. The fraction of sp³-hybridized carbons (Fsp3) is 0.333. The number of nitrogens with zero attached hydrogens (tertiary/aromatic N) is 4. The Labute approximate surface area is 183 Å². The van der Waals surface area contributed by atoms with Gasteiger partial charge >= 0.3 is 0 Å². The Morgan fingerprint density at radius 1 is 1.30 bits per heavy atom. The normalized spacial score (nSPS) is 16.1. The molecule has 1 fully saturated rings. The minimum Gasteiger partial charge on any atom is -0.352 e. The van der Waals surface area contributed by atoms with Gasteiger partial charge in [-0.2, -0.15) is 0 Å². The maximum atomic E-state index is 13.4. The van der Waals surface area contributed by atoms with Crippen molar-refractivity contribution in [2.24, 2.45) is 0 Å². The number of thiazole rings is 1. The number of rotatable bonds is 6. The third kappa shape index (κ3) is 4.44. The Morgan fingerprint density at radius 3 is 2.73 bits per heavy atom. The van der Waals surface area contributed by atoms with Gasteiger partial charge in [-0.05, 0) is 37.0 Å². The van der Waals surface area contributed by atoms with Crippen molar-refractivity contribution in [3.8, 4) is 10.4 Å². The molecular weight excluding hydrogens is 425 g/mol. The van der Waals surface area contributed by atoms with Gasteiger partial charge in [0.15, 0.2) is 0 Å². The van der Waals surface area contributed by atoms with Crippen LogP contribution in [0.25, 0.3) is 10.4 Å². The summed E-state index contributed by atoms with van der Waals surface area (Å²) in [5.41, 5.74) is 1.25. The van der Waals surface area contributed by atoms with E-state index in [0.29, 0.717) is 29.8 Å². The maximum absolute atomic E-state index is 13.4. The molecule has 0 spiro atoms. The number of anilines is 1. The number of aromatic nitrogens is 3. The molecule has 1 aromatic carbocycles. The van der Waals surface area contributed by atoms with Gasteiger partial charge in [-0.3, -0.25) is 4.79 Å². The first-order valence-corrected chi connectivity index (χ1v) is 11.0. The number of benzene rings is 1. The van der Waals surface area contributed by atoms with Crippen LogP contribution in [0.3, 0.4) is 0 Å². The van der Waals surface area contributed by atoms with Gasteiger partial charge in [-0.15, -0.1) is 11.3 Å². The van der Waals surface area contributed by atoms with Gasteiger partial charge in [0.1, 0.15) is 11.5 Å². The summed E-state index contributed by atoms with van der Waals surface area (Å²) >= 11 is 7.32. The highest BCUT2D eigenvalue weighted by Gasteiger charge is 2.32. The average molecular weight is 446 g/mol. The third-order valence-electron chi connectivity index (χ3n) is 5.04. The van der Waals surface area contributed by atoms with Crippen LogP contribution in [0.5, 0.6) is 0 Å². The van der Waals surface area contributed by atoms with E-state index in [1.54, 1.807) is 12.1 Å². The molecule has 2 aromatic heterocycles. The first-order valence-electron chi connectivity index (χ1n) is 9.83. The second-order valence-electron chi connectivity index (χ2n) is 7.05. The molecule has 0 bridgehead atoms. The van der Waals surface area contributed by atoms with Gasteiger partial charge in [-0.1, -0.05) is 30.7 Å². The molecule has 9 heteroatoms. The SMILES string of the molecule is CCc1nc(C(=O)N2CCC[C@H]2CNc2ncc(Cl)cn2)c(-c2ccc(F)cc2)s1. The van der Waals surface area contributed by atoms with E-state index in [0.717, 1.165) is 34.7 Å².